The van der Waals surface area contributed by atoms with E-state index >= 15 is 0 Å². The number of carbonyl (C=O) groups excluding carboxylic acids is 2. The molecule has 2 aromatic carbocycles. The molecule has 0 aliphatic rings. The summed E-state index contributed by atoms with van der Waals surface area (Å²) >= 11 is 0. The van der Waals surface area contributed by atoms with Crippen LogP contribution in [-0.2, 0) is 16.0 Å². The summed E-state index contributed by atoms with van der Waals surface area (Å²) in [5.74, 6) is -0.0570. The van der Waals surface area contributed by atoms with Crippen LogP contribution in [0.5, 0.6) is 17.2 Å². The Morgan fingerprint density at radius 1 is 0.931 bits per heavy atom. The number of amides is 2. The molecule has 0 bridgehead atoms. The van der Waals surface area contributed by atoms with E-state index in [4.69, 9.17) is 14.2 Å². The van der Waals surface area contributed by atoms with Crippen molar-refractivity contribution in [3.63, 3.8) is 0 Å². The van der Waals surface area contributed by atoms with Crippen molar-refractivity contribution in [1.29, 1.82) is 0 Å². The number of methoxy groups -OCH3 is 3. The third kappa shape index (κ3) is 6.39. The number of carbonyl (C=O) groups is 2. The van der Waals surface area contributed by atoms with Crippen LogP contribution in [-0.4, -0.2) is 50.4 Å². The Balaban J connectivity index is 1.90. The zero-order chi connectivity index (χ0) is 21.4. The number of rotatable bonds is 8. The molecule has 0 radical (unpaired) electrons. The van der Waals surface area contributed by atoms with E-state index in [1.807, 2.05) is 12.1 Å². The van der Waals surface area contributed by atoms with Crippen LogP contribution in [0.1, 0.15) is 12.5 Å². The molecule has 0 heterocycles. The Labute approximate surface area is 169 Å². The highest BCUT2D eigenvalue weighted by molar-refractivity contribution is 6.39. The van der Waals surface area contributed by atoms with Crippen LogP contribution in [0.25, 0.3) is 0 Å². The fraction of sp³-hybridized carbons (Fsp3) is 0.333. The van der Waals surface area contributed by atoms with Crippen LogP contribution in [0.4, 0.5) is 5.69 Å². The molecule has 2 aromatic rings. The van der Waals surface area contributed by atoms with Gasteiger partial charge >= 0.3 is 11.8 Å². The van der Waals surface area contributed by atoms with Gasteiger partial charge in [0.1, 0.15) is 5.75 Å². The Kier molecular flexibility index (Phi) is 7.44. The summed E-state index contributed by atoms with van der Waals surface area (Å²) in [4.78, 5) is 24.2. The SMILES string of the molecule is COc1ccc(CC(C)(O)CNC(=O)C(=O)Nc2ccc(OC)c(OC)c2)cc1. The quantitative estimate of drug-likeness (QED) is 0.581. The molecule has 2 rings (SSSR count). The summed E-state index contributed by atoms with van der Waals surface area (Å²) < 4.78 is 15.4. The largest absolute Gasteiger partial charge is 0.497 e. The predicted octanol–water partition coefficient (Wildman–Crippen LogP) is 1.76. The van der Waals surface area contributed by atoms with Gasteiger partial charge in [0.25, 0.3) is 0 Å². The number of ether oxygens (including phenoxy) is 3. The fourth-order valence-corrected chi connectivity index (χ4v) is 2.70. The summed E-state index contributed by atoms with van der Waals surface area (Å²) in [6.07, 6.45) is 0.300. The molecule has 1 atom stereocenters. The van der Waals surface area contributed by atoms with Crippen molar-refractivity contribution in [3.8, 4) is 17.2 Å². The Hall–Kier alpha value is -3.26. The number of nitrogens with one attached hydrogen (secondary N) is 2. The zero-order valence-corrected chi connectivity index (χ0v) is 16.9. The second-order valence-electron chi connectivity index (χ2n) is 6.73. The van der Waals surface area contributed by atoms with Gasteiger partial charge in [0.15, 0.2) is 11.5 Å². The minimum absolute atomic E-state index is 0.0861. The fourth-order valence-electron chi connectivity index (χ4n) is 2.70. The van der Waals surface area contributed by atoms with E-state index in [-0.39, 0.29) is 6.54 Å². The van der Waals surface area contributed by atoms with Gasteiger partial charge in [-0.1, -0.05) is 12.1 Å². The van der Waals surface area contributed by atoms with Crippen LogP contribution in [0, 0.1) is 0 Å². The lowest BCUT2D eigenvalue weighted by Gasteiger charge is -2.23. The Morgan fingerprint density at radius 3 is 2.17 bits per heavy atom. The van der Waals surface area contributed by atoms with Crippen molar-refractivity contribution in [1.82, 2.24) is 5.32 Å². The smallest absolute Gasteiger partial charge is 0.313 e. The molecule has 8 heteroatoms. The molecular formula is C21H26N2O6. The average Bonchev–Trinajstić information content (AvgIpc) is 2.72. The van der Waals surface area contributed by atoms with E-state index in [9.17, 15) is 14.7 Å². The molecule has 0 aliphatic carbocycles. The maximum Gasteiger partial charge on any atom is 0.313 e. The van der Waals surface area contributed by atoms with E-state index in [1.54, 1.807) is 44.4 Å². The van der Waals surface area contributed by atoms with Crippen LogP contribution < -0.4 is 24.8 Å². The first-order valence-electron chi connectivity index (χ1n) is 8.94. The number of anilines is 1. The van der Waals surface area contributed by atoms with Gasteiger partial charge in [0.05, 0.1) is 26.9 Å². The molecule has 2 amide bonds. The number of aliphatic hydroxyl groups is 1. The molecule has 1 unspecified atom stereocenters. The van der Waals surface area contributed by atoms with Crippen molar-refractivity contribution in [2.75, 3.05) is 33.2 Å². The van der Waals surface area contributed by atoms with Crippen LogP contribution in [0.2, 0.25) is 0 Å². The van der Waals surface area contributed by atoms with Crippen LogP contribution >= 0.6 is 0 Å². The van der Waals surface area contributed by atoms with E-state index in [2.05, 4.69) is 10.6 Å². The van der Waals surface area contributed by atoms with Crippen LogP contribution in [0.3, 0.4) is 0 Å². The van der Waals surface area contributed by atoms with Gasteiger partial charge in [-0.15, -0.1) is 0 Å². The van der Waals surface area contributed by atoms with E-state index in [1.165, 1.54) is 14.2 Å². The molecule has 3 N–H and O–H groups in total. The molecule has 0 aromatic heterocycles. The van der Waals surface area contributed by atoms with Gasteiger partial charge in [-0.25, -0.2) is 0 Å². The standard InChI is InChI=1S/C21H26N2O6/c1-21(26,12-14-5-8-16(27-2)9-6-14)13-22-19(24)20(25)23-15-7-10-17(28-3)18(11-15)29-4/h5-11,26H,12-13H2,1-4H3,(H,22,24)(H,23,25). The van der Waals surface area contributed by atoms with Gasteiger partial charge in [-0.2, -0.15) is 0 Å². The highest BCUT2D eigenvalue weighted by Gasteiger charge is 2.24. The first kappa shape index (κ1) is 22.0. The molecule has 0 spiro atoms. The normalized spacial score (nSPS) is 12.4. The molecule has 8 nitrogen and oxygen atoms in total. The monoisotopic (exact) mass is 402 g/mol. The molecule has 0 saturated carbocycles. The molecule has 0 saturated heterocycles. The number of benzene rings is 2. The third-order valence-corrected chi connectivity index (χ3v) is 4.22. The lowest BCUT2D eigenvalue weighted by molar-refractivity contribution is -0.136. The minimum atomic E-state index is -1.23. The van der Waals surface area contributed by atoms with E-state index < -0.39 is 17.4 Å². The summed E-state index contributed by atoms with van der Waals surface area (Å²) in [6, 6.07) is 12.0. The minimum Gasteiger partial charge on any atom is -0.497 e. The topological polar surface area (TPSA) is 106 Å². The molecular weight excluding hydrogens is 376 g/mol. The van der Waals surface area contributed by atoms with Crippen molar-refractivity contribution in [2.45, 2.75) is 18.9 Å². The summed E-state index contributed by atoms with van der Waals surface area (Å²) in [5.41, 5.74) is 0.0287. The summed E-state index contributed by atoms with van der Waals surface area (Å²) in [6.45, 7) is 1.50. The Morgan fingerprint density at radius 2 is 1.59 bits per heavy atom. The van der Waals surface area contributed by atoms with Gasteiger partial charge in [-0.05, 0) is 36.8 Å². The van der Waals surface area contributed by atoms with Gasteiger partial charge in [0.2, 0.25) is 0 Å². The maximum atomic E-state index is 12.1. The highest BCUT2D eigenvalue weighted by Crippen LogP contribution is 2.29. The van der Waals surface area contributed by atoms with E-state index in [0.717, 1.165) is 5.56 Å². The van der Waals surface area contributed by atoms with Crippen molar-refractivity contribution < 1.29 is 28.9 Å². The van der Waals surface area contributed by atoms with Crippen molar-refractivity contribution in [2.24, 2.45) is 0 Å². The van der Waals surface area contributed by atoms with Gasteiger partial charge in [0, 0.05) is 24.7 Å². The lowest BCUT2D eigenvalue weighted by atomic mass is 9.96. The van der Waals surface area contributed by atoms with Crippen molar-refractivity contribution in [3.05, 3.63) is 48.0 Å². The second kappa shape index (κ2) is 9.79. The summed E-state index contributed by atoms with van der Waals surface area (Å²) in [5, 5.41) is 15.5. The van der Waals surface area contributed by atoms with Gasteiger partial charge < -0.3 is 30.0 Å². The molecule has 0 aliphatic heterocycles. The van der Waals surface area contributed by atoms with Crippen LogP contribution in [0.15, 0.2) is 42.5 Å². The number of hydrogen-bond donors (Lipinski definition) is 3. The maximum absolute atomic E-state index is 12.1. The lowest BCUT2D eigenvalue weighted by Crippen LogP contribution is -2.45. The third-order valence-electron chi connectivity index (χ3n) is 4.22. The molecule has 0 fully saturated rings. The molecule has 156 valence electrons. The first-order chi connectivity index (χ1) is 13.8. The number of hydrogen-bond acceptors (Lipinski definition) is 6. The zero-order valence-electron chi connectivity index (χ0n) is 16.9. The van der Waals surface area contributed by atoms with Crippen molar-refractivity contribution >= 4 is 17.5 Å². The Bertz CT molecular complexity index is 849. The van der Waals surface area contributed by atoms with Gasteiger partial charge in [-0.3, -0.25) is 9.59 Å². The first-order valence-corrected chi connectivity index (χ1v) is 8.94. The summed E-state index contributed by atoms with van der Waals surface area (Å²) in [7, 11) is 4.55. The predicted molar refractivity (Wildman–Crippen MR) is 109 cm³/mol. The average molecular weight is 402 g/mol. The highest BCUT2D eigenvalue weighted by atomic mass is 16.5. The van der Waals surface area contributed by atoms with E-state index in [0.29, 0.717) is 29.4 Å². The molecule has 29 heavy (non-hydrogen) atoms. The second-order valence-corrected chi connectivity index (χ2v) is 6.73.